The predicted molar refractivity (Wildman–Crippen MR) is 288 cm³/mol. The Morgan fingerprint density at radius 2 is 0.657 bits per heavy atom. The summed E-state index contributed by atoms with van der Waals surface area (Å²) in [5.74, 6) is 1.86. The van der Waals surface area contributed by atoms with Crippen LogP contribution < -0.4 is 0 Å². The van der Waals surface area contributed by atoms with E-state index in [4.69, 9.17) is 19.9 Å². The molecule has 70 heavy (non-hydrogen) atoms. The smallest absolute Gasteiger partial charge is 0.164 e. The second kappa shape index (κ2) is 16.1. The molecule has 0 aliphatic carbocycles. The summed E-state index contributed by atoms with van der Waals surface area (Å²) in [5, 5.41) is 8.27. The molecule has 10 aromatic carbocycles. The number of fused-ring (bicyclic) bond motifs is 9. The van der Waals surface area contributed by atoms with E-state index in [1.807, 2.05) is 30.3 Å². The van der Waals surface area contributed by atoms with E-state index in [2.05, 4.69) is 221 Å². The summed E-state index contributed by atoms with van der Waals surface area (Å²) in [6.07, 6.45) is 0. The van der Waals surface area contributed by atoms with Crippen LogP contribution in [-0.2, 0) is 0 Å². The van der Waals surface area contributed by atoms with Gasteiger partial charge in [0.1, 0.15) is 0 Å². The first-order valence-corrected chi connectivity index (χ1v) is 23.6. The standard InChI is InChI=1S/C64H40N6/c1-4-16-42(17-5-1)61-55-40-60-54(51-24-12-15-27-59(51)70(60)47-20-8-3-9-21-47)39-52(55)53-38-46(34-37-56(53)65-61)41-28-30-44(31-29-41)63-66-62(43-18-6-2-7-19-43)67-64(68-63)45-32-35-48(36-33-45)69-57-25-13-10-22-49(57)50-23-11-14-26-58(50)69/h1-40H. The number of nitrogens with zero attached hydrogens (tertiary/aromatic N) is 6. The van der Waals surface area contributed by atoms with Crippen molar-refractivity contribution in [3.8, 4) is 67.9 Å². The van der Waals surface area contributed by atoms with Crippen LogP contribution in [0.2, 0.25) is 0 Å². The van der Waals surface area contributed by atoms with Crippen LogP contribution in [-0.4, -0.2) is 29.1 Å². The second-order valence-corrected chi connectivity index (χ2v) is 17.8. The Balaban J connectivity index is 0.873. The normalized spacial score (nSPS) is 11.7. The average molecular weight is 893 g/mol. The molecule has 0 N–H and O–H groups in total. The third-order valence-electron chi connectivity index (χ3n) is 13.8. The zero-order valence-corrected chi connectivity index (χ0v) is 37.8. The molecule has 0 saturated carbocycles. The van der Waals surface area contributed by atoms with Gasteiger partial charge in [0, 0.05) is 65.9 Å². The van der Waals surface area contributed by atoms with E-state index in [0.29, 0.717) is 17.5 Å². The van der Waals surface area contributed by atoms with E-state index in [9.17, 15) is 0 Å². The molecule has 0 unspecified atom stereocenters. The Morgan fingerprint density at radius 3 is 1.24 bits per heavy atom. The summed E-state index contributed by atoms with van der Waals surface area (Å²) in [4.78, 5) is 20.7. The first-order chi connectivity index (χ1) is 34.7. The molecule has 4 heterocycles. The first-order valence-electron chi connectivity index (χ1n) is 23.6. The highest BCUT2D eigenvalue weighted by molar-refractivity contribution is 6.20. The molecule has 0 fully saturated rings. The van der Waals surface area contributed by atoms with Crippen molar-refractivity contribution in [2.45, 2.75) is 0 Å². The molecule has 0 aliphatic heterocycles. The van der Waals surface area contributed by atoms with Crippen LogP contribution in [0.15, 0.2) is 243 Å². The van der Waals surface area contributed by atoms with Crippen molar-refractivity contribution in [2.75, 3.05) is 0 Å². The van der Waals surface area contributed by atoms with Gasteiger partial charge < -0.3 is 9.13 Å². The van der Waals surface area contributed by atoms with Crippen LogP contribution >= 0.6 is 0 Å². The van der Waals surface area contributed by atoms with Gasteiger partial charge in [-0.2, -0.15) is 0 Å². The maximum absolute atomic E-state index is 5.40. The van der Waals surface area contributed by atoms with Gasteiger partial charge in [0.25, 0.3) is 0 Å². The van der Waals surface area contributed by atoms with Crippen molar-refractivity contribution in [1.82, 2.24) is 29.1 Å². The topological polar surface area (TPSA) is 61.4 Å². The lowest BCUT2D eigenvalue weighted by Gasteiger charge is -2.14. The van der Waals surface area contributed by atoms with Crippen molar-refractivity contribution in [3.05, 3.63) is 243 Å². The van der Waals surface area contributed by atoms with Gasteiger partial charge >= 0.3 is 0 Å². The molecule has 14 aromatic rings. The lowest BCUT2D eigenvalue weighted by atomic mass is 9.95. The van der Waals surface area contributed by atoms with Crippen LogP contribution in [0.1, 0.15) is 0 Å². The summed E-state index contributed by atoms with van der Waals surface area (Å²) < 4.78 is 4.70. The molecule has 0 atom stereocenters. The highest BCUT2D eigenvalue weighted by Crippen LogP contribution is 2.41. The van der Waals surface area contributed by atoms with Crippen LogP contribution in [0.4, 0.5) is 0 Å². The largest absolute Gasteiger partial charge is 0.309 e. The summed E-state index contributed by atoms with van der Waals surface area (Å²) >= 11 is 0. The average Bonchev–Trinajstić information content (AvgIpc) is 3.95. The molecule has 14 rings (SSSR count). The van der Waals surface area contributed by atoms with Gasteiger partial charge in [-0.15, -0.1) is 0 Å². The zero-order valence-electron chi connectivity index (χ0n) is 37.8. The monoisotopic (exact) mass is 892 g/mol. The number of hydrogen-bond donors (Lipinski definition) is 0. The molecule has 0 spiro atoms. The number of benzene rings is 10. The molecule has 6 nitrogen and oxygen atoms in total. The fourth-order valence-corrected chi connectivity index (χ4v) is 10.4. The fourth-order valence-electron chi connectivity index (χ4n) is 10.4. The number of hydrogen-bond acceptors (Lipinski definition) is 4. The van der Waals surface area contributed by atoms with Crippen LogP contribution in [0.3, 0.4) is 0 Å². The molecule has 0 amide bonds. The lowest BCUT2D eigenvalue weighted by molar-refractivity contribution is 1.07. The number of aromatic nitrogens is 6. The number of rotatable bonds is 7. The van der Waals surface area contributed by atoms with Crippen LogP contribution in [0.25, 0.3) is 133 Å². The van der Waals surface area contributed by atoms with Crippen molar-refractivity contribution >= 4 is 65.3 Å². The van der Waals surface area contributed by atoms with Gasteiger partial charge in [0.05, 0.1) is 33.3 Å². The van der Waals surface area contributed by atoms with Crippen molar-refractivity contribution in [2.24, 2.45) is 0 Å². The Bertz CT molecular complexity index is 4260. The third kappa shape index (κ3) is 6.49. The summed E-state index contributed by atoms with van der Waals surface area (Å²) in [6, 6.07) is 85.7. The third-order valence-corrected chi connectivity index (χ3v) is 13.8. The molecule has 6 heteroatoms. The second-order valence-electron chi connectivity index (χ2n) is 17.8. The number of para-hydroxylation sites is 4. The molecule has 0 radical (unpaired) electrons. The molecule has 4 aromatic heterocycles. The van der Waals surface area contributed by atoms with Gasteiger partial charge in [-0.1, -0.05) is 164 Å². The molecule has 0 aliphatic rings. The van der Waals surface area contributed by atoms with Gasteiger partial charge in [-0.05, 0) is 95.4 Å². The van der Waals surface area contributed by atoms with E-state index < -0.39 is 0 Å². The Hall–Kier alpha value is -9.52. The van der Waals surface area contributed by atoms with Gasteiger partial charge in [-0.25, -0.2) is 19.9 Å². The Morgan fingerprint density at radius 1 is 0.229 bits per heavy atom. The van der Waals surface area contributed by atoms with E-state index in [1.165, 1.54) is 43.5 Å². The van der Waals surface area contributed by atoms with E-state index in [0.717, 1.165) is 72.3 Å². The number of pyridine rings is 1. The lowest BCUT2D eigenvalue weighted by Crippen LogP contribution is -2.00. The van der Waals surface area contributed by atoms with Gasteiger partial charge in [0.15, 0.2) is 17.5 Å². The van der Waals surface area contributed by atoms with Crippen molar-refractivity contribution in [1.29, 1.82) is 0 Å². The summed E-state index contributed by atoms with van der Waals surface area (Å²) in [5.41, 5.74) is 14.8. The minimum absolute atomic E-state index is 0.614. The zero-order chi connectivity index (χ0) is 46.1. The van der Waals surface area contributed by atoms with Gasteiger partial charge in [-0.3, -0.25) is 0 Å². The van der Waals surface area contributed by atoms with E-state index in [-0.39, 0.29) is 0 Å². The molecular formula is C64H40N6. The Kier molecular flexibility index (Phi) is 9.10. The molecule has 326 valence electrons. The summed E-state index contributed by atoms with van der Waals surface area (Å²) in [6.45, 7) is 0. The maximum atomic E-state index is 5.40. The first kappa shape index (κ1) is 39.6. The minimum atomic E-state index is 0.614. The SMILES string of the molecule is c1ccc(-c2nc(-c3ccc(-c4ccc5nc(-c6ccccc6)c6cc7c(cc6c5c4)c4ccccc4n7-c4ccccc4)cc3)nc(-c3ccc(-n4c5ccccc5c5ccccc54)cc3)n2)cc1. The van der Waals surface area contributed by atoms with E-state index >= 15 is 0 Å². The summed E-state index contributed by atoms with van der Waals surface area (Å²) in [7, 11) is 0. The van der Waals surface area contributed by atoms with Crippen molar-refractivity contribution < 1.29 is 0 Å². The quantitative estimate of drug-likeness (QED) is 0.150. The maximum Gasteiger partial charge on any atom is 0.164 e. The Labute approximate surface area is 403 Å². The van der Waals surface area contributed by atoms with Crippen LogP contribution in [0, 0.1) is 0 Å². The molecular weight excluding hydrogens is 853 g/mol. The minimum Gasteiger partial charge on any atom is -0.309 e. The van der Waals surface area contributed by atoms with Crippen molar-refractivity contribution in [3.63, 3.8) is 0 Å². The predicted octanol–water partition coefficient (Wildman–Crippen LogP) is 16.1. The highest BCUT2D eigenvalue weighted by Gasteiger charge is 2.19. The molecule has 0 bridgehead atoms. The molecule has 0 saturated heterocycles. The van der Waals surface area contributed by atoms with E-state index in [1.54, 1.807) is 0 Å². The highest BCUT2D eigenvalue weighted by atomic mass is 15.0. The van der Waals surface area contributed by atoms with Crippen LogP contribution in [0.5, 0.6) is 0 Å². The van der Waals surface area contributed by atoms with Gasteiger partial charge in [0.2, 0.25) is 0 Å². The fraction of sp³-hybridized carbons (Fsp3) is 0.